The molecule has 1 nitrogen and oxygen atoms in total. The molecule has 0 aliphatic carbocycles. The van der Waals surface area contributed by atoms with E-state index in [1.807, 2.05) is 0 Å². The van der Waals surface area contributed by atoms with Crippen LogP contribution in [0.15, 0.2) is 18.2 Å². The Kier molecular flexibility index (Phi) is 6.43. The van der Waals surface area contributed by atoms with Crippen LogP contribution in [0.2, 0.25) is 0 Å². The van der Waals surface area contributed by atoms with Crippen LogP contribution in [0.4, 0.5) is 17.3 Å². The zero-order valence-electron chi connectivity index (χ0n) is 8.44. The molecule has 0 aromatic heterocycles. The van der Waals surface area contributed by atoms with Crippen molar-refractivity contribution < 1.29 is 73.5 Å². The molecule has 0 fully saturated rings. The van der Waals surface area contributed by atoms with Crippen molar-refractivity contribution in [2.75, 3.05) is 6.61 Å². The average molecular weight is 246 g/mol. The molecule has 1 rings (SSSR count). The maximum atomic E-state index is 12.7. The van der Waals surface area contributed by atoms with Crippen molar-refractivity contribution in [3.63, 3.8) is 0 Å². The molecule has 0 saturated heterocycles. The third-order valence-corrected chi connectivity index (χ3v) is 1.63. The van der Waals surface area contributed by atoms with E-state index in [-0.39, 0.29) is 63.7 Å². The van der Waals surface area contributed by atoms with Crippen molar-refractivity contribution in [3.05, 3.63) is 24.0 Å². The van der Waals surface area contributed by atoms with Crippen molar-refractivity contribution in [1.29, 1.82) is 0 Å². The zero-order valence-corrected chi connectivity index (χ0v) is 11.6. The Morgan fingerprint density at radius 3 is 2.33 bits per heavy atom. The van der Waals surface area contributed by atoms with E-state index in [4.69, 9.17) is 4.74 Å². The van der Waals surface area contributed by atoms with E-state index in [0.717, 1.165) is 6.07 Å². The molecule has 0 heterocycles. The first-order valence-corrected chi connectivity index (χ1v) is 4.07. The van der Waals surface area contributed by atoms with E-state index in [9.17, 15) is 17.3 Å². The van der Waals surface area contributed by atoms with Gasteiger partial charge in [-0.3, -0.25) is 0 Å². The predicted octanol–water partition coefficient (Wildman–Crippen LogP) is -0.717. The van der Waals surface area contributed by atoms with Crippen molar-refractivity contribution >= 4 is 12.4 Å². The van der Waals surface area contributed by atoms with Crippen LogP contribution in [0.3, 0.4) is 0 Å². The smallest absolute Gasteiger partial charge is 0.494 e. The van der Waals surface area contributed by atoms with E-state index in [0.29, 0.717) is 6.07 Å². The molecule has 7 heteroatoms. The van der Waals surface area contributed by atoms with Crippen LogP contribution in [-0.4, -0.2) is 13.6 Å². The normalized spacial score (nSPS) is 10.7. The van der Waals surface area contributed by atoms with Crippen LogP contribution in [0.1, 0.15) is 6.92 Å². The Morgan fingerprint density at radius 1 is 1.27 bits per heavy atom. The van der Waals surface area contributed by atoms with Gasteiger partial charge in [-0.25, -0.2) is 4.39 Å². The van der Waals surface area contributed by atoms with Gasteiger partial charge < -0.3 is 17.7 Å². The van der Waals surface area contributed by atoms with Crippen LogP contribution in [-0.2, 0) is 0 Å². The standard InChI is InChI=1S/C8H8BF4O.K/c1-2-14-6-3-4-8(10)7(5-6)9(11,12)13;/h3-5H,2H2,1H3;/q-1;+1. The first kappa shape index (κ1) is 15.4. The quantitative estimate of drug-likeness (QED) is 0.505. The second-order valence-electron chi connectivity index (χ2n) is 2.69. The molecular formula is C8H8BF4KO. The molecule has 1 aromatic carbocycles. The topological polar surface area (TPSA) is 9.23 Å². The van der Waals surface area contributed by atoms with E-state index in [1.165, 1.54) is 6.07 Å². The third-order valence-electron chi connectivity index (χ3n) is 1.63. The summed E-state index contributed by atoms with van der Waals surface area (Å²) in [5.41, 5.74) is -1.24. The van der Waals surface area contributed by atoms with Crippen molar-refractivity contribution in [3.8, 4) is 5.75 Å². The molecule has 15 heavy (non-hydrogen) atoms. The Balaban J connectivity index is 0.00000196. The van der Waals surface area contributed by atoms with Crippen molar-refractivity contribution in [2.24, 2.45) is 0 Å². The molecule has 0 radical (unpaired) electrons. The van der Waals surface area contributed by atoms with Gasteiger partial charge in [0.05, 0.1) is 12.4 Å². The molecular weight excluding hydrogens is 238 g/mol. The van der Waals surface area contributed by atoms with E-state index in [2.05, 4.69) is 0 Å². The maximum Gasteiger partial charge on any atom is 1.00 e. The van der Waals surface area contributed by atoms with E-state index >= 15 is 0 Å². The van der Waals surface area contributed by atoms with Crippen LogP contribution in [0.5, 0.6) is 5.75 Å². The molecule has 1 aromatic rings. The Morgan fingerprint density at radius 2 is 1.87 bits per heavy atom. The summed E-state index contributed by atoms with van der Waals surface area (Å²) in [7, 11) is 0. The molecule has 0 N–H and O–H groups in total. The molecule has 0 atom stereocenters. The van der Waals surface area contributed by atoms with Gasteiger partial charge in [-0.05, 0) is 25.1 Å². The second kappa shape index (κ2) is 6.24. The van der Waals surface area contributed by atoms with Gasteiger partial charge in [-0.1, -0.05) is 5.46 Å². The van der Waals surface area contributed by atoms with Gasteiger partial charge in [-0.15, -0.1) is 0 Å². The zero-order chi connectivity index (χ0) is 10.8. The van der Waals surface area contributed by atoms with E-state index in [1.54, 1.807) is 6.92 Å². The molecule has 0 amide bonds. The summed E-state index contributed by atoms with van der Waals surface area (Å²) in [5, 5.41) is 0. The minimum Gasteiger partial charge on any atom is -0.494 e. The molecule has 0 spiro atoms. The fourth-order valence-electron chi connectivity index (χ4n) is 1.03. The Hall–Kier alpha value is 0.441. The van der Waals surface area contributed by atoms with Gasteiger partial charge in [-0.2, -0.15) is 0 Å². The minimum atomic E-state index is -5.32. The Bertz CT molecular complexity index is 329. The number of benzene rings is 1. The summed E-state index contributed by atoms with van der Waals surface area (Å²) in [6.45, 7) is -3.43. The molecule has 78 valence electrons. The fraction of sp³-hybridized carbons (Fsp3) is 0.250. The Labute approximate surface area is 128 Å². The summed E-state index contributed by atoms with van der Waals surface area (Å²) in [4.78, 5) is 0. The summed E-state index contributed by atoms with van der Waals surface area (Å²) in [6, 6.07) is 2.61. The second-order valence-corrected chi connectivity index (χ2v) is 2.69. The van der Waals surface area contributed by atoms with Gasteiger partial charge in [0.15, 0.2) is 0 Å². The van der Waals surface area contributed by atoms with Crippen LogP contribution in [0, 0.1) is 5.82 Å². The van der Waals surface area contributed by atoms with Crippen LogP contribution >= 0.6 is 0 Å². The number of hydrogen-bond acceptors (Lipinski definition) is 1. The van der Waals surface area contributed by atoms with Gasteiger partial charge in [0.1, 0.15) is 5.75 Å². The molecule has 0 unspecified atom stereocenters. The summed E-state index contributed by atoms with van der Waals surface area (Å²) in [6.07, 6.45) is 0. The number of rotatable bonds is 3. The van der Waals surface area contributed by atoms with Crippen molar-refractivity contribution in [1.82, 2.24) is 0 Å². The molecule has 0 saturated carbocycles. The fourth-order valence-corrected chi connectivity index (χ4v) is 1.03. The van der Waals surface area contributed by atoms with Gasteiger partial charge in [0, 0.05) is 0 Å². The first-order valence-electron chi connectivity index (χ1n) is 4.07. The monoisotopic (exact) mass is 246 g/mol. The van der Waals surface area contributed by atoms with Gasteiger partial charge >= 0.3 is 58.4 Å². The van der Waals surface area contributed by atoms with Gasteiger partial charge in [0.2, 0.25) is 0 Å². The number of ether oxygens (including phenoxy) is 1. The van der Waals surface area contributed by atoms with Crippen LogP contribution < -0.4 is 61.6 Å². The average Bonchev–Trinajstić information content (AvgIpc) is 2.07. The largest absolute Gasteiger partial charge is 1.00 e. The number of hydrogen-bond donors (Lipinski definition) is 0. The summed E-state index contributed by atoms with van der Waals surface area (Å²) >= 11 is 0. The SMILES string of the molecule is CCOc1ccc(F)c([B-](F)(F)F)c1.[K+]. The minimum absolute atomic E-state index is 0. The van der Waals surface area contributed by atoms with E-state index < -0.39 is 18.3 Å². The summed E-state index contributed by atoms with van der Waals surface area (Å²) in [5.74, 6) is -1.23. The van der Waals surface area contributed by atoms with Crippen molar-refractivity contribution in [2.45, 2.75) is 6.92 Å². The first-order chi connectivity index (χ1) is 6.45. The molecule has 0 aliphatic heterocycles. The third kappa shape index (κ3) is 4.44. The van der Waals surface area contributed by atoms with Crippen LogP contribution in [0.25, 0.3) is 0 Å². The number of halogens is 4. The summed E-state index contributed by atoms with van der Waals surface area (Å²) < 4.78 is 54.3. The predicted molar refractivity (Wildman–Crippen MR) is 46.3 cm³/mol. The molecule has 0 bridgehead atoms. The molecule has 0 aliphatic rings. The van der Waals surface area contributed by atoms with Gasteiger partial charge in [0.25, 0.3) is 0 Å². The maximum absolute atomic E-state index is 12.7.